The second-order valence-electron chi connectivity index (χ2n) is 2.55. The van der Waals surface area contributed by atoms with E-state index < -0.39 is 29.8 Å². The Bertz CT molecular complexity index is 266. The van der Waals surface area contributed by atoms with Crippen LogP contribution in [0.15, 0.2) is 23.6 Å². The number of halogens is 4. The van der Waals surface area contributed by atoms with Gasteiger partial charge in [0.05, 0.1) is 5.57 Å². The first-order chi connectivity index (χ1) is 5.84. The van der Waals surface area contributed by atoms with Gasteiger partial charge in [0.2, 0.25) is 0 Å². The van der Waals surface area contributed by atoms with Gasteiger partial charge < -0.3 is 10.2 Å². The molecule has 0 aromatic carbocycles. The molecular weight excluding hydrogens is 192 g/mol. The lowest BCUT2D eigenvalue weighted by Crippen LogP contribution is -2.35. The Morgan fingerprint density at radius 3 is 2.15 bits per heavy atom. The molecule has 0 spiro atoms. The van der Waals surface area contributed by atoms with Gasteiger partial charge in [-0.25, -0.2) is 4.39 Å². The first kappa shape index (κ1) is 10.2. The van der Waals surface area contributed by atoms with Crippen molar-refractivity contribution >= 4 is 0 Å². The summed E-state index contributed by atoms with van der Waals surface area (Å²) in [6, 6.07) is 0. The molecule has 1 aliphatic carbocycles. The normalized spacial score (nSPS) is 29.7. The van der Waals surface area contributed by atoms with Crippen LogP contribution in [0.3, 0.4) is 0 Å². The Balaban J connectivity index is 3.10. The number of aliphatic hydroxyl groups is 2. The van der Waals surface area contributed by atoms with Crippen LogP contribution >= 0.6 is 0 Å². The summed E-state index contributed by atoms with van der Waals surface area (Å²) in [5.41, 5.74) is -1.73. The smallest absolute Gasteiger partial charge is 0.386 e. The van der Waals surface area contributed by atoms with Crippen LogP contribution < -0.4 is 0 Å². The van der Waals surface area contributed by atoms with E-state index >= 15 is 0 Å². The summed E-state index contributed by atoms with van der Waals surface area (Å²) in [6.45, 7) is 0. The molecule has 1 rings (SSSR count). The zero-order valence-electron chi connectivity index (χ0n) is 6.22. The Hall–Kier alpha value is -0.880. The van der Waals surface area contributed by atoms with E-state index in [1.807, 2.05) is 0 Å². The number of hydrogen-bond donors (Lipinski definition) is 2. The topological polar surface area (TPSA) is 40.5 Å². The van der Waals surface area contributed by atoms with Crippen molar-refractivity contribution in [3.8, 4) is 0 Å². The maximum atomic E-state index is 12.6. The average molecular weight is 198 g/mol. The molecule has 0 heterocycles. The Kier molecular flexibility index (Phi) is 2.44. The molecule has 13 heavy (non-hydrogen) atoms. The zero-order chi connectivity index (χ0) is 10.2. The van der Waals surface area contributed by atoms with Crippen LogP contribution in [0.4, 0.5) is 17.6 Å². The molecule has 0 bridgehead atoms. The van der Waals surface area contributed by atoms with E-state index in [1.165, 1.54) is 0 Å². The van der Waals surface area contributed by atoms with E-state index in [9.17, 15) is 17.6 Å². The molecule has 0 aromatic heterocycles. The van der Waals surface area contributed by atoms with Crippen LogP contribution in [0, 0.1) is 0 Å². The van der Waals surface area contributed by atoms with Gasteiger partial charge in [-0.1, -0.05) is 6.08 Å². The fourth-order valence-corrected chi connectivity index (χ4v) is 0.993. The van der Waals surface area contributed by atoms with E-state index in [2.05, 4.69) is 0 Å². The van der Waals surface area contributed by atoms with Crippen LogP contribution in [-0.4, -0.2) is 28.6 Å². The Morgan fingerprint density at radius 1 is 1.23 bits per heavy atom. The average Bonchev–Trinajstić information content (AvgIpc) is 1.95. The third kappa shape index (κ3) is 1.89. The highest BCUT2D eigenvalue weighted by Crippen LogP contribution is 2.35. The molecule has 0 fully saturated rings. The predicted octanol–water partition coefficient (Wildman–Crippen LogP) is 1.06. The molecule has 6 heteroatoms. The lowest BCUT2D eigenvalue weighted by atomic mass is 9.98. The second kappa shape index (κ2) is 3.12. The van der Waals surface area contributed by atoms with E-state index in [0.29, 0.717) is 6.08 Å². The minimum Gasteiger partial charge on any atom is -0.386 e. The van der Waals surface area contributed by atoms with Crippen molar-refractivity contribution in [2.24, 2.45) is 0 Å². The molecule has 74 valence electrons. The third-order valence-corrected chi connectivity index (χ3v) is 1.62. The number of alkyl halides is 3. The number of rotatable bonds is 0. The fourth-order valence-electron chi connectivity index (χ4n) is 0.993. The van der Waals surface area contributed by atoms with Gasteiger partial charge in [-0.2, -0.15) is 13.2 Å². The van der Waals surface area contributed by atoms with Gasteiger partial charge in [-0.3, -0.25) is 0 Å². The number of hydrogen-bond acceptors (Lipinski definition) is 2. The van der Waals surface area contributed by atoms with Crippen molar-refractivity contribution < 1.29 is 27.8 Å². The minimum absolute atomic E-state index is 0.486. The molecule has 0 amide bonds. The molecule has 2 N–H and O–H groups in total. The van der Waals surface area contributed by atoms with Crippen molar-refractivity contribution in [1.82, 2.24) is 0 Å². The van der Waals surface area contributed by atoms with Gasteiger partial charge in [0.25, 0.3) is 0 Å². The molecular formula is C7H6F4O2. The molecule has 1 aliphatic rings. The van der Waals surface area contributed by atoms with Crippen LogP contribution in [0.5, 0.6) is 0 Å². The molecule has 0 saturated carbocycles. The molecule has 2 atom stereocenters. The van der Waals surface area contributed by atoms with Crippen molar-refractivity contribution in [3.63, 3.8) is 0 Å². The second-order valence-corrected chi connectivity index (χ2v) is 2.55. The summed E-state index contributed by atoms with van der Waals surface area (Å²) in [4.78, 5) is 0. The highest BCUT2D eigenvalue weighted by Gasteiger charge is 2.44. The minimum atomic E-state index is -4.96. The lowest BCUT2D eigenvalue weighted by molar-refractivity contribution is -0.115. The van der Waals surface area contributed by atoms with Gasteiger partial charge in [-0.05, 0) is 6.08 Å². The zero-order valence-corrected chi connectivity index (χ0v) is 6.22. The van der Waals surface area contributed by atoms with E-state index in [4.69, 9.17) is 10.2 Å². The standard InChI is InChI=1S/C7H6F4O2/c8-3-1-2-4(12)6(13)5(3)7(9,10)11/h1-2,4,6,12-13H. The van der Waals surface area contributed by atoms with Crippen LogP contribution in [0.2, 0.25) is 0 Å². The van der Waals surface area contributed by atoms with Gasteiger partial charge in [0.15, 0.2) is 0 Å². The monoisotopic (exact) mass is 198 g/mol. The summed E-state index contributed by atoms with van der Waals surface area (Å²) in [5, 5.41) is 17.6. The SMILES string of the molecule is OC1C=CC(F)=C(C(F)(F)F)C1O. The Labute approximate surface area is 70.8 Å². The van der Waals surface area contributed by atoms with Gasteiger partial charge >= 0.3 is 6.18 Å². The largest absolute Gasteiger partial charge is 0.418 e. The Morgan fingerprint density at radius 2 is 1.77 bits per heavy atom. The predicted molar refractivity (Wildman–Crippen MR) is 35.3 cm³/mol. The number of allylic oxidation sites excluding steroid dienone is 2. The number of aliphatic hydroxyl groups excluding tert-OH is 2. The molecule has 0 aliphatic heterocycles. The van der Waals surface area contributed by atoms with Gasteiger partial charge in [0.1, 0.15) is 18.0 Å². The first-order valence-corrected chi connectivity index (χ1v) is 3.35. The summed E-state index contributed by atoms with van der Waals surface area (Å²) in [5.74, 6) is -1.56. The highest BCUT2D eigenvalue weighted by atomic mass is 19.4. The van der Waals surface area contributed by atoms with Gasteiger partial charge in [-0.15, -0.1) is 0 Å². The van der Waals surface area contributed by atoms with Crippen LogP contribution in [0.25, 0.3) is 0 Å². The maximum absolute atomic E-state index is 12.6. The molecule has 2 nitrogen and oxygen atoms in total. The summed E-state index contributed by atoms with van der Waals surface area (Å²) in [7, 11) is 0. The fraction of sp³-hybridized carbons (Fsp3) is 0.429. The highest BCUT2D eigenvalue weighted by molar-refractivity contribution is 5.33. The molecule has 2 unspecified atom stereocenters. The van der Waals surface area contributed by atoms with Crippen molar-refractivity contribution in [2.45, 2.75) is 18.4 Å². The van der Waals surface area contributed by atoms with Crippen molar-refractivity contribution in [1.29, 1.82) is 0 Å². The first-order valence-electron chi connectivity index (χ1n) is 3.35. The quantitative estimate of drug-likeness (QED) is 0.571. The van der Waals surface area contributed by atoms with E-state index in [0.717, 1.165) is 6.08 Å². The van der Waals surface area contributed by atoms with E-state index in [1.54, 1.807) is 0 Å². The van der Waals surface area contributed by atoms with Crippen molar-refractivity contribution in [3.05, 3.63) is 23.6 Å². The maximum Gasteiger partial charge on any atom is 0.418 e. The van der Waals surface area contributed by atoms with Crippen LogP contribution in [0.1, 0.15) is 0 Å². The summed E-state index contributed by atoms with van der Waals surface area (Å²) < 4.78 is 48.6. The lowest BCUT2D eigenvalue weighted by Gasteiger charge is -2.23. The van der Waals surface area contributed by atoms with Crippen LogP contribution in [-0.2, 0) is 0 Å². The summed E-state index contributed by atoms with van der Waals surface area (Å²) in [6.07, 6.45) is -7.67. The molecule has 0 aromatic rings. The van der Waals surface area contributed by atoms with Gasteiger partial charge in [0, 0.05) is 0 Å². The van der Waals surface area contributed by atoms with Crippen molar-refractivity contribution in [2.75, 3.05) is 0 Å². The molecule has 0 radical (unpaired) electrons. The van der Waals surface area contributed by atoms with E-state index in [-0.39, 0.29) is 0 Å². The third-order valence-electron chi connectivity index (χ3n) is 1.62. The molecule has 0 saturated heterocycles. The summed E-state index contributed by atoms with van der Waals surface area (Å²) >= 11 is 0.